The molecule has 3 fully saturated rings. The SMILES string of the molecule is CCC/C=C\CCCCCCCC(=O)NC(COC1OC(CO)C(OC2OC(CO)C(OC3OC(CO)C(O)C(O)C3O)C(O)C2O)C(O)C1O)C(O)CCCCCCCCCCCCCCCCCCCCCCCCC. The summed E-state index contributed by atoms with van der Waals surface area (Å²) in [4.78, 5) is 13.3. The second-order valence-electron chi connectivity index (χ2n) is 22.5. The fourth-order valence-corrected chi connectivity index (χ4v) is 10.7. The van der Waals surface area contributed by atoms with Crippen molar-refractivity contribution in [3.63, 3.8) is 0 Å². The van der Waals surface area contributed by atoms with Crippen molar-refractivity contribution in [2.24, 2.45) is 0 Å². The highest BCUT2D eigenvalue weighted by molar-refractivity contribution is 5.76. The van der Waals surface area contributed by atoms with E-state index < -0.39 is 124 Å². The molecule has 3 rings (SSSR count). The zero-order valence-electron chi connectivity index (χ0n) is 47.9. The summed E-state index contributed by atoms with van der Waals surface area (Å²) >= 11 is 0. The number of hydrogen-bond donors (Lipinski definition) is 12. The fourth-order valence-electron chi connectivity index (χ4n) is 10.7. The fraction of sp³-hybridized carbons (Fsp3) is 0.949. The van der Waals surface area contributed by atoms with Gasteiger partial charge in [0, 0.05) is 6.42 Å². The summed E-state index contributed by atoms with van der Waals surface area (Å²) in [6.07, 6.45) is 16.1. The first kappa shape index (κ1) is 70.8. The Labute approximate surface area is 467 Å². The van der Waals surface area contributed by atoms with E-state index in [0.717, 1.165) is 70.6 Å². The summed E-state index contributed by atoms with van der Waals surface area (Å²) in [6, 6.07) is -0.887. The molecule has 0 aromatic heterocycles. The van der Waals surface area contributed by atoms with E-state index in [1.165, 1.54) is 122 Å². The van der Waals surface area contributed by atoms with Gasteiger partial charge in [0.15, 0.2) is 18.9 Å². The van der Waals surface area contributed by atoms with Gasteiger partial charge in [-0.2, -0.15) is 0 Å². The van der Waals surface area contributed by atoms with E-state index in [4.69, 9.17) is 28.4 Å². The van der Waals surface area contributed by atoms with E-state index in [0.29, 0.717) is 12.8 Å². The second kappa shape index (κ2) is 43.2. The van der Waals surface area contributed by atoms with Gasteiger partial charge in [-0.3, -0.25) is 4.79 Å². The standard InChI is InChI=1S/C59H111NO18/c1-3-5-7-9-11-13-15-16-17-18-19-20-21-22-23-24-25-26-27-28-30-32-34-36-43(64)42(60-47(65)37-35-33-31-29-14-12-10-8-6-4-2)41-73-57-53(71)50(68)55(45(39-62)75-57)78-59-54(72)51(69)56(46(40-63)76-59)77-58-52(70)49(67)48(66)44(38-61)74-58/h8,10,42-46,48-59,61-64,66-72H,3-7,9,11-41H2,1-2H3,(H,60,65)/b10-8-. The Morgan fingerprint density at radius 2 is 0.833 bits per heavy atom. The Bertz CT molecular complexity index is 1480. The minimum Gasteiger partial charge on any atom is -0.394 e. The van der Waals surface area contributed by atoms with Crippen molar-refractivity contribution < 1.29 is 89.4 Å². The van der Waals surface area contributed by atoms with Crippen LogP contribution in [0.3, 0.4) is 0 Å². The number of ether oxygens (including phenoxy) is 6. The van der Waals surface area contributed by atoms with E-state index in [2.05, 4.69) is 31.3 Å². The van der Waals surface area contributed by atoms with Crippen LogP contribution >= 0.6 is 0 Å². The van der Waals surface area contributed by atoms with Crippen LogP contribution in [-0.4, -0.2) is 193 Å². The van der Waals surface area contributed by atoms with Crippen molar-refractivity contribution >= 4 is 5.91 Å². The van der Waals surface area contributed by atoms with E-state index in [1.54, 1.807) is 0 Å². The van der Waals surface area contributed by atoms with Gasteiger partial charge in [0.25, 0.3) is 0 Å². The average Bonchev–Trinajstić information content (AvgIpc) is 3.44. The van der Waals surface area contributed by atoms with Crippen LogP contribution < -0.4 is 5.32 Å². The molecule has 0 radical (unpaired) electrons. The number of nitrogens with one attached hydrogen (secondary N) is 1. The van der Waals surface area contributed by atoms with E-state index in [9.17, 15) is 61.0 Å². The zero-order valence-corrected chi connectivity index (χ0v) is 47.9. The van der Waals surface area contributed by atoms with E-state index in [-0.39, 0.29) is 18.9 Å². The molecule has 0 aromatic rings. The van der Waals surface area contributed by atoms with Crippen LogP contribution in [0.15, 0.2) is 12.2 Å². The van der Waals surface area contributed by atoms with Gasteiger partial charge in [-0.25, -0.2) is 0 Å². The van der Waals surface area contributed by atoms with Gasteiger partial charge in [0.2, 0.25) is 5.91 Å². The van der Waals surface area contributed by atoms with Gasteiger partial charge in [0.05, 0.1) is 38.6 Å². The molecule has 0 aliphatic carbocycles. The molecule has 19 heteroatoms. The maximum absolute atomic E-state index is 13.3. The molecule has 12 N–H and O–H groups in total. The molecule has 0 bridgehead atoms. The molecule has 0 saturated carbocycles. The summed E-state index contributed by atoms with van der Waals surface area (Å²) in [7, 11) is 0. The highest BCUT2D eigenvalue weighted by Gasteiger charge is 2.53. The topological polar surface area (TPSA) is 307 Å². The van der Waals surface area contributed by atoms with Crippen molar-refractivity contribution in [3.8, 4) is 0 Å². The molecule has 3 saturated heterocycles. The maximum Gasteiger partial charge on any atom is 0.220 e. The molecule has 19 nitrogen and oxygen atoms in total. The largest absolute Gasteiger partial charge is 0.394 e. The Hall–Kier alpha value is -1.47. The molecule has 17 unspecified atom stereocenters. The first-order valence-corrected chi connectivity index (χ1v) is 30.9. The number of unbranched alkanes of at least 4 members (excludes halogenated alkanes) is 28. The van der Waals surface area contributed by atoms with Crippen molar-refractivity contribution in [2.45, 2.75) is 330 Å². The lowest BCUT2D eigenvalue weighted by Crippen LogP contribution is -2.66. The van der Waals surface area contributed by atoms with Gasteiger partial charge in [0.1, 0.15) is 73.2 Å². The summed E-state index contributed by atoms with van der Waals surface area (Å²) in [5, 5.41) is 120. The van der Waals surface area contributed by atoms with Crippen LogP contribution in [0.4, 0.5) is 0 Å². The number of allylic oxidation sites excluding steroid dienone is 2. The van der Waals surface area contributed by atoms with Crippen LogP contribution in [0.25, 0.3) is 0 Å². The minimum atomic E-state index is -1.97. The molecule has 0 spiro atoms. The molecule has 1 amide bonds. The lowest BCUT2D eigenvalue weighted by atomic mass is 9.96. The quantitative estimate of drug-likeness (QED) is 0.0254. The predicted molar refractivity (Wildman–Crippen MR) is 296 cm³/mol. The van der Waals surface area contributed by atoms with Crippen LogP contribution in [0.5, 0.6) is 0 Å². The zero-order chi connectivity index (χ0) is 56.9. The Balaban J connectivity index is 1.44. The first-order valence-electron chi connectivity index (χ1n) is 30.9. The summed E-state index contributed by atoms with van der Waals surface area (Å²) in [5.74, 6) is -0.253. The number of rotatable bonds is 46. The smallest absolute Gasteiger partial charge is 0.220 e. The third kappa shape index (κ3) is 26.8. The lowest BCUT2D eigenvalue weighted by Gasteiger charge is -2.48. The van der Waals surface area contributed by atoms with Crippen molar-refractivity contribution in [3.05, 3.63) is 12.2 Å². The van der Waals surface area contributed by atoms with E-state index in [1.807, 2.05) is 0 Å². The molecule has 3 aliphatic heterocycles. The van der Waals surface area contributed by atoms with Crippen LogP contribution in [0.1, 0.15) is 226 Å². The summed E-state index contributed by atoms with van der Waals surface area (Å²) in [5.41, 5.74) is 0. The summed E-state index contributed by atoms with van der Waals surface area (Å²) < 4.78 is 34.3. The van der Waals surface area contributed by atoms with Crippen molar-refractivity contribution in [2.75, 3.05) is 26.4 Å². The number of amides is 1. The molecule has 460 valence electrons. The van der Waals surface area contributed by atoms with Gasteiger partial charge < -0.3 is 89.9 Å². The highest BCUT2D eigenvalue weighted by Crippen LogP contribution is 2.33. The second-order valence-corrected chi connectivity index (χ2v) is 22.5. The molecular weight excluding hydrogens is 1010 g/mol. The molecule has 17 atom stereocenters. The number of carbonyl (C=O) groups excluding carboxylic acids is 1. The van der Waals surface area contributed by atoms with Crippen molar-refractivity contribution in [1.82, 2.24) is 5.32 Å². The third-order valence-electron chi connectivity index (χ3n) is 15.8. The van der Waals surface area contributed by atoms with Crippen LogP contribution in [0, 0.1) is 0 Å². The Kier molecular flexibility index (Phi) is 39.2. The van der Waals surface area contributed by atoms with Crippen LogP contribution in [-0.2, 0) is 33.2 Å². The van der Waals surface area contributed by atoms with Gasteiger partial charge >= 0.3 is 0 Å². The number of aliphatic hydroxyl groups is 11. The molecule has 3 heterocycles. The monoisotopic (exact) mass is 1120 g/mol. The molecule has 0 aromatic carbocycles. The average molecular weight is 1120 g/mol. The lowest BCUT2D eigenvalue weighted by molar-refractivity contribution is -0.379. The summed E-state index contributed by atoms with van der Waals surface area (Å²) in [6.45, 7) is 1.73. The molecule has 78 heavy (non-hydrogen) atoms. The number of carbonyl (C=O) groups is 1. The molecular formula is C59H111NO18. The van der Waals surface area contributed by atoms with Crippen LogP contribution in [0.2, 0.25) is 0 Å². The predicted octanol–water partition coefficient (Wildman–Crippen LogP) is 5.77. The highest BCUT2D eigenvalue weighted by atomic mass is 16.8. The van der Waals surface area contributed by atoms with Crippen molar-refractivity contribution in [1.29, 1.82) is 0 Å². The van der Waals surface area contributed by atoms with Gasteiger partial charge in [-0.15, -0.1) is 0 Å². The van der Waals surface area contributed by atoms with Gasteiger partial charge in [-0.1, -0.05) is 199 Å². The van der Waals surface area contributed by atoms with Gasteiger partial charge in [-0.05, 0) is 32.1 Å². The maximum atomic E-state index is 13.3. The molecule has 3 aliphatic rings. The minimum absolute atomic E-state index is 0.253. The third-order valence-corrected chi connectivity index (χ3v) is 15.8. The number of hydrogen-bond acceptors (Lipinski definition) is 18. The first-order chi connectivity index (χ1) is 37.8. The Morgan fingerprint density at radius 1 is 0.449 bits per heavy atom. The number of aliphatic hydroxyl groups excluding tert-OH is 11. The Morgan fingerprint density at radius 3 is 1.29 bits per heavy atom. The van der Waals surface area contributed by atoms with E-state index >= 15 is 0 Å². The normalized spacial score (nSPS) is 30.5.